The fourth-order valence-electron chi connectivity index (χ4n) is 2.41. The van der Waals surface area contributed by atoms with Crippen molar-refractivity contribution in [3.8, 4) is 5.75 Å². The molecule has 3 aromatic carbocycles. The Kier molecular flexibility index (Phi) is 5.55. The van der Waals surface area contributed by atoms with Gasteiger partial charge in [0.25, 0.3) is 0 Å². The van der Waals surface area contributed by atoms with E-state index < -0.39 is 0 Å². The number of rotatable bonds is 6. The summed E-state index contributed by atoms with van der Waals surface area (Å²) in [5.74, 6) is 0.886. The molecule has 1 N–H and O–H groups in total. The summed E-state index contributed by atoms with van der Waals surface area (Å²) in [7, 11) is 0. The SMILES string of the molecule is Cc1cccc(NCc2ccc(OCc3ccc(Br)cc3)cc2)c1. The van der Waals surface area contributed by atoms with Crippen LogP contribution in [0.4, 0.5) is 5.69 Å². The van der Waals surface area contributed by atoms with Gasteiger partial charge in [-0.15, -0.1) is 0 Å². The smallest absolute Gasteiger partial charge is 0.119 e. The Morgan fingerprint density at radius 1 is 0.875 bits per heavy atom. The third kappa shape index (κ3) is 4.87. The maximum Gasteiger partial charge on any atom is 0.119 e. The highest BCUT2D eigenvalue weighted by atomic mass is 79.9. The molecule has 0 aliphatic heterocycles. The van der Waals surface area contributed by atoms with Crippen LogP contribution < -0.4 is 10.1 Å². The van der Waals surface area contributed by atoms with Gasteiger partial charge in [-0.3, -0.25) is 0 Å². The first kappa shape index (κ1) is 16.6. The van der Waals surface area contributed by atoms with E-state index in [1.54, 1.807) is 0 Å². The topological polar surface area (TPSA) is 21.3 Å². The van der Waals surface area contributed by atoms with Gasteiger partial charge in [0.15, 0.2) is 0 Å². The van der Waals surface area contributed by atoms with E-state index in [4.69, 9.17) is 4.74 Å². The van der Waals surface area contributed by atoms with E-state index in [0.717, 1.165) is 28.0 Å². The van der Waals surface area contributed by atoms with E-state index in [1.807, 2.05) is 24.3 Å². The molecule has 0 bridgehead atoms. The predicted molar refractivity (Wildman–Crippen MR) is 103 cm³/mol. The number of anilines is 1. The third-order valence-corrected chi connectivity index (χ3v) is 4.29. The van der Waals surface area contributed by atoms with Crippen LogP contribution in [0.3, 0.4) is 0 Å². The molecule has 0 aromatic heterocycles. The van der Waals surface area contributed by atoms with Crippen molar-refractivity contribution in [2.75, 3.05) is 5.32 Å². The van der Waals surface area contributed by atoms with E-state index in [9.17, 15) is 0 Å². The lowest BCUT2D eigenvalue weighted by molar-refractivity contribution is 0.306. The Hall–Kier alpha value is -2.26. The maximum absolute atomic E-state index is 5.83. The van der Waals surface area contributed by atoms with Crippen LogP contribution in [-0.4, -0.2) is 0 Å². The Labute approximate surface area is 151 Å². The van der Waals surface area contributed by atoms with Gasteiger partial charge >= 0.3 is 0 Å². The van der Waals surface area contributed by atoms with Crippen LogP contribution in [0.5, 0.6) is 5.75 Å². The van der Waals surface area contributed by atoms with Crippen LogP contribution in [0.25, 0.3) is 0 Å². The van der Waals surface area contributed by atoms with E-state index in [1.165, 1.54) is 11.1 Å². The first-order valence-electron chi connectivity index (χ1n) is 7.96. The number of halogens is 1. The minimum absolute atomic E-state index is 0.578. The van der Waals surface area contributed by atoms with Crippen LogP contribution in [0.1, 0.15) is 16.7 Å². The molecule has 3 heteroatoms. The highest BCUT2D eigenvalue weighted by Gasteiger charge is 1.99. The Balaban J connectivity index is 1.52. The summed E-state index contributed by atoms with van der Waals surface area (Å²) < 4.78 is 6.91. The molecule has 0 fully saturated rings. The van der Waals surface area contributed by atoms with Crippen LogP contribution in [-0.2, 0) is 13.2 Å². The molecule has 24 heavy (non-hydrogen) atoms. The number of ether oxygens (including phenoxy) is 1. The Bertz CT molecular complexity index is 782. The zero-order valence-electron chi connectivity index (χ0n) is 13.6. The highest BCUT2D eigenvalue weighted by Crippen LogP contribution is 2.17. The molecule has 0 saturated carbocycles. The van der Waals surface area contributed by atoms with Gasteiger partial charge in [-0.25, -0.2) is 0 Å². The molecule has 0 aliphatic carbocycles. The molecule has 0 amide bonds. The van der Waals surface area contributed by atoms with Gasteiger partial charge in [0.05, 0.1) is 0 Å². The van der Waals surface area contributed by atoms with Gasteiger partial charge in [0.1, 0.15) is 12.4 Å². The van der Waals surface area contributed by atoms with E-state index >= 15 is 0 Å². The molecule has 0 radical (unpaired) electrons. The van der Waals surface area contributed by atoms with Crippen LogP contribution in [0.15, 0.2) is 77.3 Å². The average Bonchev–Trinajstić information content (AvgIpc) is 2.60. The van der Waals surface area contributed by atoms with Crippen LogP contribution in [0, 0.1) is 6.92 Å². The van der Waals surface area contributed by atoms with Crippen molar-refractivity contribution < 1.29 is 4.74 Å². The molecule has 0 atom stereocenters. The summed E-state index contributed by atoms with van der Waals surface area (Å²) >= 11 is 3.44. The van der Waals surface area contributed by atoms with E-state index in [0.29, 0.717) is 6.61 Å². The standard InChI is InChI=1S/C21H20BrNO/c1-16-3-2-4-20(13-16)23-14-17-7-11-21(12-8-17)24-15-18-5-9-19(22)10-6-18/h2-13,23H,14-15H2,1H3. The summed E-state index contributed by atoms with van der Waals surface area (Å²) in [6.45, 7) is 3.48. The molecular weight excluding hydrogens is 362 g/mol. The fraction of sp³-hybridized carbons (Fsp3) is 0.143. The second kappa shape index (κ2) is 8.02. The third-order valence-electron chi connectivity index (χ3n) is 3.76. The summed E-state index contributed by atoms with van der Waals surface area (Å²) in [4.78, 5) is 0. The van der Waals surface area contributed by atoms with Gasteiger partial charge in [0, 0.05) is 16.7 Å². The minimum Gasteiger partial charge on any atom is -0.489 e. The molecule has 0 heterocycles. The van der Waals surface area contributed by atoms with Crippen molar-refractivity contribution in [2.45, 2.75) is 20.1 Å². The van der Waals surface area contributed by atoms with E-state index in [2.05, 4.69) is 76.7 Å². The fourth-order valence-corrected chi connectivity index (χ4v) is 2.67. The van der Waals surface area contributed by atoms with Gasteiger partial charge in [-0.05, 0) is 60.0 Å². The minimum atomic E-state index is 0.578. The largest absolute Gasteiger partial charge is 0.489 e. The molecule has 122 valence electrons. The lowest BCUT2D eigenvalue weighted by Crippen LogP contribution is -2.00. The molecule has 0 aliphatic rings. The monoisotopic (exact) mass is 381 g/mol. The number of hydrogen-bond acceptors (Lipinski definition) is 2. The normalized spacial score (nSPS) is 10.4. The summed E-state index contributed by atoms with van der Waals surface area (Å²) in [6, 6.07) is 24.8. The highest BCUT2D eigenvalue weighted by molar-refractivity contribution is 9.10. The van der Waals surface area contributed by atoms with Gasteiger partial charge in [0.2, 0.25) is 0 Å². The Morgan fingerprint density at radius 3 is 2.29 bits per heavy atom. The summed E-state index contributed by atoms with van der Waals surface area (Å²) in [5.41, 5.74) is 4.79. The van der Waals surface area contributed by atoms with Gasteiger partial charge < -0.3 is 10.1 Å². The molecule has 2 nitrogen and oxygen atoms in total. The number of nitrogens with one attached hydrogen (secondary N) is 1. The first-order chi connectivity index (χ1) is 11.7. The van der Waals surface area contributed by atoms with Crippen molar-refractivity contribution in [3.05, 3.63) is 94.0 Å². The molecular formula is C21H20BrNO. The second-order valence-corrected chi connectivity index (χ2v) is 6.70. The predicted octanol–water partition coefficient (Wildman–Crippen LogP) is 5.95. The second-order valence-electron chi connectivity index (χ2n) is 5.78. The molecule has 3 rings (SSSR count). The van der Waals surface area contributed by atoms with Crippen molar-refractivity contribution in [2.24, 2.45) is 0 Å². The van der Waals surface area contributed by atoms with Gasteiger partial charge in [-0.1, -0.05) is 52.3 Å². The van der Waals surface area contributed by atoms with Crippen molar-refractivity contribution in [1.29, 1.82) is 0 Å². The van der Waals surface area contributed by atoms with Crippen molar-refractivity contribution in [1.82, 2.24) is 0 Å². The summed E-state index contributed by atoms with van der Waals surface area (Å²) in [5, 5.41) is 3.44. The quantitative estimate of drug-likeness (QED) is 0.569. The zero-order valence-corrected chi connectivity index (χ0v) is 15.2. The lowest BCUT2D eigenvalue weighted by atomic mass is 10.2. The number of aryl methyl sites for hydroxylation is 1. The Morgan fingerprint density at radius 2 is 1.58 bits per heavy atom. The maximum atomic E-state index is 5.83. The van der Waals surface area contributed by atoms with Crippen LogP contribution in [0.2, 0.25) is 0 Å². The van der Waals surface area contributed by atoms with Crippen molar-refractivity contribution >= 4 is 21.6 Å². The van der Waals surface area contributed by atoms with E-state index in [-0.39, 0.29) is 0 Å². The lowest BCUT2D eigenvalue weighted by Gasteiger charge is -2.09. The molecule has 0 spiro atoms. The number of hydrogen-bond donors (Lipinski definition) is 1. The molecule has 0 saturated heterocycles. The van der Waals surface area contributed by atoms with Crippen molar-refractivity contribution in [3.63, 3.8) is 0 Å². The first-order valence-corrected chi connectivity index (χ1v) is 8.75. The molecule has 0 unspecified atom stereocenters. The molecule has 3 aromatic rings. The van der Waals surface area contributed by atoms with Crippen LogP contribution >= 0.6 is 15.9 Å². The average molecular weight is 382 g/mol. The summed E-state index contributed by atoms with van der Waals surface area (Å²) in [6.07, 6.45) is 0. The number of benzene rings is 3. The zero-order chi connectivity index (χ0) is 16.8. The van der Waals surface area contributed by atoms with Gasteiger partial charge in [-0.2, -0.15) is 0 Å².